The minimum atomic E-state index is -1.51. The lowest BCUT2D eigenvalue weighted by Crippen LogP contribution is -2.61. The van der Waals surface area contributed by atoms with Crippen molar-refractivity contribution in [3.05, 3.63) is 11.6 Å². The number of methoxy groups -OCH3 is 1. The third kappa shape index (κ3) is 11.3. The van der Waals surface area contributed by atoms with E-state index in [0.29, 0.717) is 45.2 Å². The number of aliphatic hydroxyl groups is 3. The number of hydrogen-bond acceptors (Lipinski definition) is 14. The van der Waals surface area contributed by atoms with Crippen LogP contribution in [0.5, 0.6) is 0 Å². The summed E-state index contributed by atoms with van der Waals surface area (Å²) in [6.07, 6.45) is -2.97. The predicted octanol–water partition coefficient (Wildman–Crippen LogP) is 3.81. The van der Waals surface area contributed by atoms with Crippen molar-refractivity contribution in [2.75, 3.05) is 34.3 Å². The van der Waals surface area contributed by atoms with Crippen molar-refractivity contribution >= 4 is 11.9 Å². The Morgan fingerprint density at radius 1 is 1.02 bits per heavy atom. The minimum Gasteiger partial charge on any atom is -0.461 e. The summed E-state index contributed by atoms with van der Waals surface area (Å²) in [5.74, 6) is -2.25. The molecule has 0 radical (unpaired) electrons. The van der Waals surface area contributed by atoms with Crippen LogP contribution in [0.3, 0.4) is 0 Å². The first kappa shape index (κ1) is 47.0. The summed E-state index contributed by atoms with van der Waals surface area (Å²) in [5, 5.41) is 35.6. The van der Waals surface area contributed by atoms with E-state index in [1.807, 2.05) is 46.7 Å². The van der Waals surface area contributed by atoms with Crippen molar-refractivity contribution in [1.29, 1.82) is 0 Å². The summed E-state index contributed by atoms with van der Waals surface area (Å²) in [4.78, 5) is 30.3. The summed E-state index contributed by atoms with van der Waals surface area (Å²) in [6.45, 7) is 20.1. The molecule has 0 spiro atoms. The van der Waals surface area contributed by atoms with Crippen LogP contribution in [-0.2, 0) is 42.7 Å². The van der Waals surface area contributed by atoms with Crippen LogP contribution in [0.15, 0.2) is 11.6 Å². The predicted molar refractivity (Wildman–Crippen MR) is 209 cm³/mol. The number of carbonyl (C=O) groups is 2. The molecular formula is C42H74N2O12. The van der Waals surface area contributed by atoms with Crippen LogP contribution in [0.1, 0.15) is 108 Å². The van der Waals surface area contributed by atoms with Crippen LogP contribution in [0, 0.1) is 17.8 Å². The number of likely N-dealkylation sites (N-methyl/N-ethyl adjacent to an activating group) is 2. The molecule has 4 heterocycles. The molecule has 56 heavy (non-hydrogen) atoms. The van der Waals surface area contributed by atoms with Gasteiger partial charge in [-0.2, -0.15) is 0 Å². The molecule has 3 saturated heterocycles. The molecule has 4 aliphatic rings. The maximum Gasteiger partial charge on any atom is 0.311 e. The summed E-state index contributed by atoms with van der Waals surface area (Å²) in [5.41, 5.74) is -1.54. The second-order valence-corrected chi connectivity index (χ2v) is 18.0. The van der Waals surface area contributed by atoms with Crippen LogP contribution in [0.4, 0.5) is 0 Å². The Hall–Kier alpha value is -1.72. The Morgan fingerprint density at radius 2 is 1.70 bits per heavy atom. The third-order valence-corrected chi connectivity index (χ3v) is 12.9. The SMILES string of the molecule is CC[C@H]1OC(=O)[C@H](C)[C@@H](O[C@H]2C[C@@](C)(OC)[C@@H](O)[C@H](C)O2)[C@H](C)[C@@H](O[C@@H]2O[C@H](C)C[C@H](N(C)C[C@@H]3CCC(=O)O3)[C@H]2O)[C@](C)(O)C[C@@H](C)CN(C)[C@H](C)/C=C/1C. The van der Waals surface area contributed by atoms with Gasteiger partial charge < -0.3 is 48.5 Å². The van der Waals surface area contributed by atoms with Gasteiger partial charge in [0.1, 0.15) is 24.4 Å². The van der Waals surface area contributed by atoms with E-state index >= 15 is 0 Å². The molecule has 324 valence electrons. The molecule has 3 fully saturated rings. The zero-order chi connectivity index (χ0) is 41.9. The molecule has 17 atom stereocenters. The molecular weight excluding hydrogens is 724 g/mol. The van der Waals surface area contributed by atoms with E-state index in [4.69, 9.17) is 33.2 Å². The Balaban J connectivity index is 1.75. The molecule has 0 aromatic heterocycles. The maximum atomic E-state index is 14.2. The summed E-state index contributed by atoms with van der Waals surface area (Å²) < 4.78 is 43.7. The molecule has 4 rings (SSSR count). The van der Waals surface area contributed by atoms with Crippen molar-refractivity contribution in [3.8, 4) is 0 Å². The molecule has 0 saturated carbocycles. The average Bonchev–Trinajstić information content (AvgIpc) is 3.53. The Bertz CT molecular complexity index is 1330. The highest BCUT2D eigenvalue weighted by Gasteiger charge is 2.51. The number of nitrogens with zero attached hydrogens (tertiary/aromatic N) is 2. The molecule has 0 aromatic carbocycles. The second-order valence-electron chi connectivity index (χ2n) is 18.0. The quantitative estimate of drug-likeness (QED) is 0.228. The summed E-state index contributed by atoms with van der Waals surface area (Å²) >= 11 is 0. The zero-order valence-corrected chi connectivity index (χ0v) is 36.3. The maximum absolute atomic E-state index is 14.2. The fraction of sp³-hybridized carbons (Fsp3) is 0.905. The number of hydrogen-bond donors (Lipinski definition) is 3. The van der Waals surface area contributed by atoms with E-state index in [0.717, 1.165) is 5.57 Å². The summed E-state index contributed by atoms with van der Waals surface area (Å²) in [6, 6.07) is -0.359. The van der Waals surface area contributed by atoms with Gasteiger partial charge in [-0.05, 0) is 99.7 Å². The molecule has 4 aliphatic heterocycles. The zero-order valence-electron chi connectivity index (χ0n) is 36.3. The van der Waals surface area contributed by atoms with Crippen LogP contribution in [-0.4, -0.2) is 156 Å². The van der Waals surface area contributed by atoms with Gasteiger partial charge in [-0.15, -0.1) is 0 Å². The van der Waals surface area contributed by atoms with Crippen molar-refractivity contribution in [2.45, 2.75) is 192 Å². The molecule has 0 bridgehead atoms. The van der Waals surface area contributed by atoms with Crippen molar-refractivity contribution in [1.82, 2.24) is 9.80 Å². The van der Waals surface area contributed by atoms with E-state index in [-0.39, 0.29) is 36.6 Å². The lowest BCUT2D eigenvalue weighted by atomic mass is 9.77. The molecule has 14 nitrogen and oxygen atoms in total. The number of aliphatic hydroxyl groups excluding tert-OH is 2. The monoisotopic (exact) mass is 799 g/mol. The minimum absolute atomic E-state index is 0.00165. The van der Waals surface area contributed by atoms with E-state index in [1.54, 1.807) is 27.7 Å². The Kier molecular flexibility index (Phi) is 16.4. The number of cyclic esters (lactones) is 2. The van der Waals surface area contributed by atoms with E-state index < -0.39 is 84.3 Å². The van der Waals surface area contributed by atoms with Gasteiger partial charge in [-0.25, -0.2) is 0 Å². The fourth-order valence-corrected chi connectivity index (χ4v) is 9.41. The van der Waals surface area contributed by atoms with Gasteiger partial charge in [0.2, 0.25) is 0 Å². The number of rotatable bonds is 9. The van der Waals surface area contributed by atoms with Gasteiger partial charge >= 0.3 is 11.9 Å². The number of carbonyl (C=O) groups excluding carboxylic acids is 2. The molecule has 3 N–H and O–H groups in total. The van der Waals surface area contributed by atoms with Crippen LogP contribution in [0.25, 0.3) is 0 Å². The van der Waals surface area contributed by atoms with Gasteiger partial charge in [0.05, 0.1) is 41.5 Å². The van der Waals surface area contributed by atoms with Crippen LogP contribution >= 0.6 is 0 Å². The molecule has 14 heteroatoms. The van der Waals surface area contributed by atoms with Gasteiger partial charge in [-0.1, -0.05) is 26.8 Å². The number of esters is 2. The highest BCUT2D eigenvalue weighted by molar-refractivity contribution is 5.73. The third-order valence-electron chi connectivity index (χ3n) is 12.9. The summed E-state index contributed by atoms with van der Waals surface area (Å²) in [7, 11) is 5.47. The Labute approximate surface area is 335 Å². The molecule has 0 aliphatic carbocycles. The van der Waals surface area contributed by atoms with Crippen molar-refractivity contribution in [3.63, 3.8) is 0 Å². The topological polar surface area (TPSA) is 166 Å². The number of ether oxygens (including phenoxy) is 7. The fourth-order valence-electron chi connectivity index (χ4n) is 9.41. The average molecular weight is 799 g/mol. The molecule has 0 unspecified atom stereocenters. The van der Waals surface area contributed by atoms with Gasteiger partial charge in [0.25, 0.3) is 0 Å². The molecule has 0 aromatic rings. The van der Waals surface area contributed by atoms with E-state index in [9.17, 15) is 24.9 Å². The first-order valence-electron chi connectivity index (χ1n) is 20.8. The van der Waals surface area contributed by atoms with E-state index in [2.05, 4.69) is 24.8 Å². The smallest absolute Gasteiger partial charge is 0.311 e. The highest BCUT2D eigenvalue weighted by Crippen LogP contribution is 2.40. The van der Waals surface area contributed by atoms with Crippen molar-refractivity contribution < 1.29 is 58.1 Å². The standard InChI is InChI=1S/C42H74N2O12/c1-14-32-24(3)17-25(4)43(11)21-23(2)19-41(9,49)38(56-40-35(46)31(18-26(5)51-40)44(12)22-30-15-16-33(45)53-30)27(6)36(28(7)39(48)54-32)55-34-20-42(10,50-13)37(47)29(8)52-34/h17,23,25-32,34-38,40,46-47,49H,14-16,18-22H2,1-13H3/b24-17+/t23-,25-,26-,27+,28-,29+,30+,31+,32-,34+,35-,36+,37+,38-,40+,41-,42-/m1/s1. The van der Waals surface area contributed by atoms with Crippen LogP contribution in [0.2, 0.25) is 0 Å². The van der Waals surface area contributed by atoms with Crippen LogP contribution < -0.4 is 0 Å². The largest absolute Gasteiger partial charge is 0.461 e. The second kappa shape index (κ2) is 19.6. The van der Waals surface area contributed by atoms with E-state index in [1.165, 1.54) is 7.11 Å². The van der Waals surface area contributed by atoms with Gasteiger partial charge in [-0.3, -0.25) is 19.4 Å². The van der Waals surface area contributed by atoms with Gasteiger partial charge in [0, 0.05) is 51.0 Å². The van der Waals surface area contributed by atoms with Crippen molar-refractivity contribution in [2.24, 2.45) is 17.8 Å². The molecule has 0 amide bonds. The lowest BCUT2D eigenvalue weighted by molar-refractivity contribution is -0.318. The highest BCUT2D eigenvalue weighted by atomic mass is 16.7. The normalized spacial score (nSPS) is 46.4. The first-order valence-corrected chi connectivity index (χ1v) is 20.8. The lowest BCUT2D eigenvalue weighted by Gasteiger charge is -2.49. The Morgan fingerprint density at radius 3 is 2.30 bits per heavy atom. The first-order chi connectivity index (χ1) is 26.1. The van der Waals surface area contributed by atoms with Gasteiger partial charge in [0.15, 0.2) is 12.6 Å².